The zero-order valence-electron chi connectivity index (χ0n) is 8.90. The van der Waals surface area contributed by atoms with Crippen molar-refractivity contribution in [3.8, 4) is 12.1 Å². The molecule has 1 fully saturated rings. The summed E-state index contributed by atoms with van der Waals surface area (Å²) in [7, 11) is 2.03. The Kier molecular flexibility index (Phi) is 3.92. The number of rotatable bonds is 3. The Labute approximate surface area is 85.9 Å². The molecule has 0 N–H and O–H groups in total. The van der Waals surface area contributed by atoms with Crippen LogP contribution in [0.15, 0.2) is 0 Å². The topological polar surface area (TPSA) is 50.8 Å². The summed E-state index contributed by atoms with van der Waals surface area (Å²) >= 11 is 0. The van der Waals surface area contributed by atoms with Crippen molar-refractivity contribution >= 4 is 0 Å². The van der Waals surface area contributed by atoms with E-state index in [1.54, 1.807) is 0 Å². The highest BCUT2D eigenvalue weighted by Crippen LogP contribution is 2.29. The van der Waals surface area contributed by atoms with Crippen LogP contribution in [-0.2, 0) is 0 Å². The van der Waals surface area contributed by atoms with Crippen LogP contribution >= 0.6 is 0 Å². The predicted molar refractivity (Wildman–Crippen MR) is 54.2 cm³/mol. The Morgan fingerprint density at radius 1 is 1.43 bits per heavy atom. The van der Waals surface area contributed by atoms with E-state index in [-0.39, 0.29) is 12.0 Å². The molecule has 3 nitrogen and oxygen atoms in total. The summed E-state index contributed by atoms with van der Waals surface area (Å²) in [5.74, 6) is 0.168. The van der Waals surface area contributed by atoms with Crippen LogP contribution in [0.5, 0.6) is 0 Å². The highest BCUT2D eigenvalue weighted by atomic mass is 15.2. The average molecular weight is 191 g/mol. The molecule has 0 amide bonds. The third kappa shape index (κ3) is 2.25. The molecule has 3 heteroatoms. The largest absolute Gasteiger partial charge is 0.298 e. The number of nitrogens with zero attached hydrogens (tertiary/aromatic N) is 3. The Bertz CT molecular complexity index is 261. The van der Waals surface area contributed by atoms with Gasteiger partial charge in [-0.1, -0.05) is 6.42 Å². The van der Waals surface area contributed by atoms with Gasteiger partial charge in [-0.25, -0.2) is 0 Å². The van der Waals surface area contributed by atoms with Crippen LogP contribution in [0, 0.1) is 28.6 Å². The van der Waals surface area contributed by atoms with Crippen molar-refractivity contribution in [2.24, 2.45) is 5.92 Å². The van der Waals surface area contributed by atoms with Crippen LogP contribution in [0.1, 0.15) is 32.6 Å². The highest BCUT2D eigenvalue weighted by Gasteiger charge is 2.32. The standard InChI is InChI=1S/C11H17N3/c1-9(6-7-12)14(2)11-5-3-4-10(11)8-13/h9-11H,3-6H2,1-2H3. The van der Waals surface area contributed by atoms with Gasteiger partial charge in [0.1, 0.15) is 0 Å². The van der Waals surface area contributed by atoms with Crippen LogP contribution in [0.2, 0.25) is 0 Å². The summed E-state index contributed by atoms with van der Waals surface area (Å²) in [6, 6.07) is 5.17. The fourth-order valence-corrected chi connectivity index (χ4v) is 2.18. The first-order valence-corrected chi connectivity index (χ1v) is 5.19. The van der Waals surface area contributed by atoms with Crippen LogP contribution in [0.3, 0.4) is 0 Å². The van der Waals surface area contributed by atoms with Crippen molar-refractivity contribution in [1.29, 1.82) is 10.5 Å². The minimum absolute atomic E-state index is 0.168. The molecular formula is C11H17N3. The first kappa shape index (κ1) is 11.0. The molecule has 0 saturated heterocycles. The molecule has 0 heterocycles. The van der Waals surface area contributed by atoms with Crippen molar-refractivity contribution in [1.82, 2.24) is 4.90 Å². The molecular weight excluding hydrogens is 174 g/mol. The molecule has 1 aliphatic rings. The molecule has 1 saturated carbocycles. The molecule has 0 bridgehead atoms. The summed E-state index contributed by atoms with van der Waals surface area (Å²) in [4.78, 5) is 2.20. The zero-order valence-corrected chi connectivity index (χ0v) is 8.90. The van der Waals surface area contributed by atoms with Gasteiger partial charge >= 0.3 is 0 Å². The first-order chi connectivity index (χ1) is 6.70. The van der Waals surface area contributed by atoms with Crippen LogP contribution in [0.25, 0.3) is 0 Å². The lowest BCUT2D eigenvalue weighted by Gasteiger charge is -2.30. The van der Waals surface area contributed by atoms with E-state index in [0.29, 0.717) is 12.5 Å². The third-order valence-corrected chi connectivity index (χ3v) is 3.25. The number of hydrogen-bond donors (Lipinski definition) is 0. The molecule has 0 radical (unpaired) electrons. The van der Waals surface area contributed by atoms with Crippen LogP contribution in [-0.4, -0.2) is 24.0 Å². The van der Waals surface area contributed by atoms with Gasteiger partial charge in [0.05, 0.1) is 24.5 Å². The molecule has 0 aromatic carbocycles. The molecule has 0 aromatic heterocycles. The predicted octanol–water partition coefficient (Wildman–Crippen LogP) is 1.91. The monoisotopic (exact) mass is 191 g/mol. The minimum atomic E-state index is 0.168. The minimum Gasteiger partial charge on any atom is -0.298 e. The van der Waals surface area contributed by atoms with Crippen molar-refractivity contribution in [2.45, 2.75) is 44.7 Å². The Morgan fingerprint density at radius 2 is 2.14 bits per heavy atom. The maximum Gasteiger partial charge on any atom is 0.0672 e. The maximum absolute atomic E-state index is 8.96. The van der Waals surface area contributed by atoms with E-state index in [2.05, 4.69) is 24.0 Å². The maximum atomic E-state index is 8.96. The van der Waals surface area contributed by atoms with Gasteiger partial charge in [0, 0.05) is 12.1 Å². The first-order valence-electron chi connectivity index (χ1n) is 5.19. The molecule has 0 aromatic rings. The second-order valence-corrected chi connectivity index (χ2v) is 4.11. The van der Waals surface area contributed by atoms with Crippen molar-refractivity contribution < 1.29 is 0 Å². The third-order valence-electron chi connectivity index (χ3n) is 3.25. The normalized spacial score (nSPS) is 28.4. The summed E-state index contributed by atoms with van der Waals surface area (Å²) < 4.78 is 0. The van der Waals surface area contributed by atoms with E-state index in [9.17, 15) is 0 Å². The van der Waals surface area contributed by atoms with E-state index >= 15 is 0 Å². The number of nitriles is 2. The van der Waals surface area contributed by atoms with E-state index in [1.165, 1.54) is 0 Å². The van der Waals surface area contributed by atoms with Gasteiger partial charge in [0.25, 0.3) is 0 Å². The Balaban J connectivity index is 2.56. The van der Waals surface area contributed by atoms with Gasteiger partial charge in [-0.2, -0.15) is 10.5 Å². The SMILES string of the molecule is CC(CC#N)N(C)C1CCCC1C#N. The second kappa shape index (κ2) is 4.98. The molecule has 76 valence electrons. The second-order valence-electron chi connectivity index (χ2n) is 4.11. The molecule has 3 atom stereocenters. The number of hydrogen-bond acceptors (Lipinski definition) is 3. The summed E-state index contributed by atoms with van der Waals surface area (Å²) in [6.07, 6.45) is 3.81. The summed E-state index contributed by atoms with van der Waals surface area (Å²) in [6.45, 7) is 2.05. The molecule has 14 heavy (non-hydrogen) atoms. The summed E-state index contributed by atoms with van der Waals surface area (Å²) in [5.41, 5.74) is 0. The Morgan fingerprint density at radius 3 is 2.71 bits per heavy atom. The zero-order chi connectivity index (χ0) is 10.6. The van der Waals surface area contributed by atoms with E-state index < -0.39 is 0 Å². The van der Waals surface area contributed by atoms with E-state index in [4.69, 9.17) is 10.5 Å². The highest BCUT2D eigenvalue weighted by molar-refractivity contribution is 4.98. The van der Waals surface area contributed by atoms with E-state index in [0.717, 1.165) is 19.3 Å². The fraction of sp³-hybridized carbons (Fsp3) is 0.818. The molecule has 1 rings (SSSR count). The van der Waals surface area contributed by atoms with Crippen molar-refractivity contribution in [3.63, 3.8) is 0 Å². The molecule has 1 aliphatic carbocycles. The van der Waals surface area contributed by atoms with Crippen molar-refractivity contribution in [3.05, 3.63) is 0 Å². The van der Waals surface area contributed by atoms with Crippen LogP contribution in [0.4, 0.5) is 0 Å². The van der Waals surface area contributed by atoms with Gasteiger partial charge < -0.3 is 0 Å². The van der Waals surface area contributed by atoms with Gasteiger partial charge in [-0.15, -0.1) is 0 Å². The van der Waals surface area contributed by atoms with Crippen molar-refractivity contribution in [2.75, 3.05) is 7.05 Å². The quantitative estimate of drug-likeness (QED) is 0.684. The van der Waals surface area contributed by atoms with Gasteiger partial charge in [0.2, 0.25) is 0 Å². The lowest BCUT2D eigenvalue weighted by Crippen LogP contribution is -2.40. The molecule has 0 aliphatic heterocycles. The summed E-state index contributed by atoms with van der Waals surface area (Å²) in [5, 5.41) is 17.6. The van der Waals surface area contributed by atoms with Gasteiger partial charge in [0.15, 0.2) is 0 Å². The van der Waals surface area contributed by atoms with E-state index in [1.807, 2.05) is 7.05 Å². The van der Waals surface area contributed by atoms with Gasteiger partial charge in [-0.05, 0) is 26.8 Å². The molecule has 3 unspecified atom stereocenters. The smallest absolute Gasteiger partial charge is 0.0672 e. The average Bonchev–Trinajstić information content (AvgIpc) is 2.64. The lowest BCUT2D eigenvalue weighted by molar-refractivity contribution is 0.168. The molecule has 0 spiro atoms. The lowest BCUT2D eigenvalue weighted by atomic mass is 10.0. The van der Waals surface area contributed by atoms with Crippen LogP contribution < -0.4 is 0 Å². The Hall–Kier alpha value is -1.06. The van der Waals surface area contributed by atoms with Gasteiger partial charge in [-0.3, -0.25) is 4.90 Å². The fourth-order valence-electron chi connectivity index (χ4n) is 2.18.